The Balaban J connectivity index is 1.36. The van der Waals surface area contributed by atoms with Gasteiger partial charge < -0.3 is 30.1 Å². The van der Waals surface area contributed by atoms with Crippen molar-refractivity contribution in [3.05, 3.63) is 107 Å². The maximum atomic E-state index is 12.3. The zero-order valence-corrected chi connectivity index (χ0v) is 26.9. The monoisotopic (exact) mass is 632 g/mol. The highest BCUT2D eigenvalue weighted by Gasteiger charge is 2.34. The molecule has 0 aliphatic carbocycles. The van der Waals surface area contributed by atoms with E-state index in [2.05, 4.69) is 10.2 Å². The minimum atomic E-state index is -0.781. The minimum Gasteiger partial charge on any atom is -0.481 e. The lowest BCUT2D eigenvalue weighted by Crippen LogP contribution is -2.43. The molecule has 0 saturated carbocycles. The first-order chi connectivity index (χ1) is 22.2. The van der Waals surface area contributed by atoms with Crippen molar-refractivity contribution in [1.82, 2.24) is 10.2 Å². The smallest absolute Gasteiger partial charge is 0.303 e. The maximum Gasteiger partial charge on any atom is 0.303 e. The summed E-state index contributed by atoms with van der Waals surface area (Å²) in [4.78, 5) is 25.0. The van der Waals surface area contributed by atoms with E-state index < -0.39 is 18.4 Å². The Morgan fingerprint density at radius 1 is 0.870 bits per heavy atom. The molecule has 0 unspecified atom stereocenters. The predicted octanol–water partition coefficient (Wildman–Crippen LogP) is 5.82. The van der Waals surface area contributed by atoms with E-state index >= 15 is 0 Å². The molecule has 3 aromatic carbocycles. The molecule has 1 fully saturated rings. The zero-order valence-electron chi connectivity index (χ0n) is 26.9. The molecule has 1 amide bonds. The second kappa shape index (κ2) is 17.9. The Labute approximate surface area is 272 Å². The number of likely N-dealkylation sites (N-methyl/N-ethyl adjacent to an activating group) is 1. The van der Waals surface area contributed by atoms with Gasteiger partial charge in [-0.2, -0.15) is 0 Å². The van der Waals surface area contributed by atoms with Gasteiger partial charge in [-0.25, -0.2) is 0 Å². The Morgan fingerprint density at radius 2 is 1.50 bits per heavy atom. The average molecular weight is 633 g/mol. The third kappa shape index (κ3) is 10.7. The van der Waals surface area contributed by atoms with Gasteiger partial charge >= 0.3 is 5.97 Å². The van der Waals surface area contributed by atoms with Crippen LogP contribution in [0.3, 0.4) is 0 Å². The van der Waals surface area contributed by atoms with Gasteiger partial charge in [0.1, 0.15) is 0 Å². The van der Waals surface area contributed by atoms with Crippen LogP contribution in [0.25, 0.3) is 0 Å². The first-order valence-electron chi connectivity index (χ1n) is 16.2. The van der Waals surface area contributed by atoms with Gasteiger partial charge in [-0.05, 0) is 49.1 Å². The number of benzene rings is 3. The second-order valence-electron chi connectivity index (χ2n) is 12.2. The van der Waals surface area contributed by atoms with Crippen LogP contribution < -0.4 is 5.32 Å². The van der Waals surface area contributed by atoms with E-state index in [1.165, 1.54) is 0 Å². The number of amides is 1. The fourth-order valence-corrected chi connectivity index (χ4v) is 5.69. The molecule has 0 radical (unpaired) electrons. The van der Waals surface area contributed by atoms with Gasteiger partial charge in [0.25, 0.3) is 0 Å². The van der Waals surface area contributed by atoms with Crippen molar-refractivity contribution >= 4 is 11.9 Å². The van der Waals surface area contributed by atoms with E-state index in [0.29, 0.717) is 32.4 Å². The number of carboxylic acid groups (broad SMARTS) is 1. The van der Waals surface area contributed by atoms with Crippen LogP contribution in [-0.2, 0) is 32.2 Å². The molecule has 3 aromatic rings. The molecule has 0 bridgehead atoms. The highest BCUT2D eigenvalue weighted by Crippen LogP contribution is 2.38. The predicted molar refractivity (Wildman–Crippen MR) is 176 cm³/mol. The molecule has 0 aromatic heterocycles. The number of rotatable bonds is 17. The molecule has 46 heavy (non-hydrogen) atoms. The number of ether oxygens (including phenoxy) is 2. The van der Waals surface area contributed by atoms with Crippen LogP contribution in [0.4, 0.5) is 0 Å². The molecule has 4 N–H and O–H groups in total. The van der Waals surface area contributed by atoms with Crippen molar-refractivity contribution in [3.63, 3.8) is 0 Å². The van der Waals surface area contributed by atoms with Crippen LogP contribution >= 0.6 is 0 Å². The molecular weight excluding hydrogens is 584 g/mol. The van der Waals surface area contributed by atoms with Gasteiger partial charge in [-0.15, -0.1) is 0 Å². The number of hydrogen-bond donors (Lipinski definition) is 4. The van der Waals surface area contributed by atoms with E-state index in [4.69, 9.17) is 14.6 Å². The molecular formula is C37H48N2O7. The molecule has 1 saturated heterocycles. The Kier molecular flexibility index (Phi) is 13.7. The molecule has 5 atom stereocenters. The molecule has 1 aliphatic heterocycles. The largest absolute Gasteiger partial charge is 0.481 e. The van der Waals surface area contributed by atoms with Crippen LogP contribution in [0.2, 0.25) is 0 Å². The lowest BCUT2D eigenvalue weighted by atomic mass is 9.98. The summed E-state index contributed by atoms with van der Waals surface area (Å²) < 4.78 is 13.0. The summed E-state index contributed by atoms with van der Waals surface area (Å²) >= 11 is 0. The van der Waals surface area contributed by atoms with E-state index in [1.54, 1.807) is 0 Å². The number of carboxylic acids is 1. The average Bonchev–Trinajstić information content (AvgIpc) is 3.08. The molecule has 9 nitrogen and oxygen atoms in total. The van der Waals surface area contributed by atoms with E-state index in [0.717, 1.165) is 47.1 Å². The fourth-order valence-electron chi connectivity index (χ4n) is 5.69. The van der Waals surface area contributed by atoms with Gasteiger partial charge in [0.15, 0.2) is 6.29 Å². The number of aliphatic hydroxyl groups is 2. The van der Waals surface area contributed by atoms with Crippen LogP contribution in [0.15, 0.2) is 78.9 Å². The van der Waals surface area contributed by atoms with Gasteiger partial charge in [-0.1, -0.05) is 91.7 Å². The summed E-state index contributed by atoms with van der Waals surface area (Å²) in [6, 6.07) is 25.2. The summed E-state index contributed by atoms with van der Waals surface area (Å²) in [7, 11) is 2.00. The number of carbonyl (C=O) groups is 2. The number of aliphatic hydroxyl groups excluding tert-OH is 2. The van der Waals surface area contributed by atoms with Crippen molar-refractivity contribution in [2.75, 3.05) is 13.6 Å². The van der Waals surface area contributed by atoms with Gasteiger partial charge in [0, 0.05) is 44.0 Å². The van der Waals surface area contributed by atoms with Gasteiger partial charge in [-0.3, -0.25) is 14.5 Å². The van der Waals surface area contributed by atoms with Crippen LogP contribution in [0, 0.1) is 0 Å². The lowest BCUT2D eigenvalue weighted by Gasteiger charge is -2.39. The standard InChI is InChI=1S/C37H48N2O7/c1-26(36(44)30-10-6-5-7-11-30)39(2)24-32-22-33(29-18-16-28(25-40)17-19-29)46-37(45-32)31-20-14-27(15-21-31)23-38-34(41)12-8-3-4-9-13-35(42)43/h5-7,10-11,14-21,26,32-33,36-37,40,44H,3-4,8-9,12-13,22-25H2,1-2H3,(H,38,41)(H,42,43)/t26-,32-,33+,36-,37+/m1/s1. The van der Waals surface area contributed by atoms with Crippen LogP contribution in [0.5, 0.6) is 0 Å². The Bertz CT molecular complexity index is 1350. The molecule has 4 rings (SSSR count). The van der Waals surface area contributed by atoms with E-state index in [1.807, 2.05) is 92.8 Å². The Morgan fingerprint density at radius 3 is 2.15 bits per heavy atom. The third-order valence-corrected chi connectivity index (χ3v) is 8.69. The van der Waals surface area contributed by atoms with Crippen molar-refractivity contribution in [1.29, 1.82) is 0 Å². The number of aliphatic carboxylic acids is 1. The van der Waals surface area contributed by atoms with E-state index in [9.17, 15) is 19.8 Å². The topological polar surface area (TPSA) is 129 Å². The summed E-state index contributed by atoms with van der Waals surface area (Å²) in [5.41, 5.74) is 4.56. The highest BCUT2D eigenvalue weighted by molar-refractivity contribution is 5.75. The third-order valence-electron chi connectivity index (χ3n) is 8.69. The summed E-state index contributed by atoms with van der Waals surface area (Å²) in [6.07, 6.45) is 2.64. The molecule has 1 aliphatic rings. The van der Waals surface area contributed by atoms with E-state index in [-0.39, 0.29) is 37.2 Å². The maximum absolute atomic E-state index is 12.3. The van der Waals surface area contributed by atoms with Crippen molar-refractivity contribution in [2.24, 2.45) is 0 Å². The number of hydrogen-bond acceptors (Lipinski definition) is 7. The normalized spacial score (nSPS) is 19.5. The van der Waals surface area contributed by atoms with Gasteiger partial charge in [0.05, 0.1) is 24.9 Å². The lowest BCUT2D eigenvalue weighted by molar-refractivity contribution is -0.253. The first-order valence-corrected chi connectivity index (χ1v) is 16.2. The van der Waals surface area contributed by atoms with Gasteiger partial charge in [0.2, 0.25) is 5.91 Å². The molecule has 248 valence electrons. The summed E-state index contributed by atoms with van der Waals surface area (Å²) in [5, 5.41) is 32.2. The SMILES string of the molecule is C[C@H]([C@@H](O)c1ccccc1)N(C)C[C@H]1C[C@@H](c2ccc(CO)cc2)O[C@@H](c2ccc(CNC(=O)CCCCCCC(=O)O)cc2)O1. The Hall–Kier alpha value is -3.60. The van der Waals surface area contributed by atoms with Crippen molar-refractivity contribution < 1.29 is 34.4 Å². The molecule has 0 spiro atoms. The number of carbonyl (C=O) groups excluding carboxylic acids is 1. The quantitative estimate of drug-likeness (QED) is 0.137. The summed E-state index contributed by atoms with van der Waals surface area (Å²) in [5.74, 6) is -0.800. The second-order valence-corrected chi connectivity index (χ2v) is 12.2. The molecule has 1 heterocycles. The number of nitrogens with zero attached hydrogens (tertiary/aromatic N) is 1. The number of nitrogens with one attached hydrogen (secondary N) is 1. The van der Waals surface area contributed by atoms with Crippen molar-refractivity contribution in [3.8, 4) is 0 Å². The number of unbranched alkanes of at least 4 members (excludes halogenated alkanes) is 3. The summed E-state index contributed by atoms with van der Waals surface area (Å²) in [6.45, 7) is 3.01. The highest BCUT2D eigenvalue weighted by atomic mass is 16.7. The minimum absolute atomic E-state index is 0.0186. The fraction of sp³-hybridized carbons (Fsp3) is 0.459. The van der Waals surface area contributed by atoms with Crippen LogP contribution in [-0.4, -0.2) is 57.8 Å². The zero-order chi connectivity index (χ0) is 32.9. The first kappa shape index (κ1) is 35.3. The van der Waals surface area contributed by atoms with Crippen molar-refractivity contribution in [2.45, 2.75) is 95.7 Å². The molecule has 9 heteroatoms. The van der Waals surface area contributed by atoms with Crippen LogP contribution in [0.1, 0.15) is 98.2 Å².